The van der Waals surface area contributed by atoms with Crippen molar-refractivity contribution in [2.24, 2.45) is 5.73 Å². The van der Waals surface area contributed by atoms with Crippen LogP contribution in [0.25, 0.3) is 11.1 Å². The lowest BCUT2D eigenvalue weighted by molar-refractivity contribution is 0.625. The Kier molecular flexibility index (Phi) is 3.63. The van der Waals surface area contributed by atoms with Gasteiger partial charge in [-0.3, -0.25) is 0 Å². The second kappa shape index (κ2) is 5.19. The number of benzene rings is 2. The summed E-state index contributed by atoms with van der Waals surface area (Å²) < 4.78 is 13.2. The third-order valence-electron chi connectivity index (χ3n) is 2.98. The van der Waals surface area contributed by atoms with Crippen LogP contribution in [0.15, 0.2) is 42.5 Å². The normalized spacial score (nSPS) is 10.4. The molecule has 18 heavy (non-hydrogen) atoms. The zero-order chi connectivity index (χ0) is 13.1. The Labute approximate surface area is 107 Å². The van der Waals surface area contributed by atoms with Crippen molar-refractivity contribution in [2.45, 2.75) is 6.54 Å². The van der Waals surface area contributed by atoms with Gasteiger partial charge in [0.1, 0.15) is 5.82 Å². The molecule has 0 aliphatic rings. The SMILES string of the molecule is CN(C)c1ccc(-c2ccc(F)cc2CN)cc1. The monoisotopic (exact) mass is 244 g/mol. The first kappa shape index (κ1) is 12.6. The van der Waals surface area contributed by atoms with Gasteiger partial charge in [0.15, 0.2) is 0 Å². The van der Waals surface area contributed by atoms with E-state index in [2.05, 4.69) is 0 Å². The molecule has 0 atom stereocenters. The number of rotatable bonds is 3. The molecule has 0 radical (unpaired) electrons. The highest BCUT2D eigenvalue weighted by Crippen LogP contribution is 2.26. The van der Waals surface area contributed by atoms with Crippen molar-refractivity contribution < 1.29 is 4.39 Å². The van der Waals surface area contributed by atoms with E-state index in [0.717, 1.165) is 22.4 Å². The smallest absolute Gasteiger partial charge is 0.123 e. The van der Waals surface area contributed by atoms with Gasteiger partial charge in [0, 0.05) is 26.3 Å². The summed E-state index contributed by atoms with van der Waals surface area (Å²) >= 11 is 0. The van der Waals surface area contributed by atoms with E-state index in [1.165, 1.54) is 12.1 Å². The minimum atomic E-state index is -0.246. The van der Waals surface area contributed by atoms with Gasteiger partial charge in [-0.25, -0.2) is 4.39 Å². The van der Waals surface area contributed by atoms with Crippen molar-refractivity contribution in [1.29, 1.82) is 0 Å². The lowest BCUT2D eigenvalue weighted by Crippen LogP contribution is -2.08. The van der Waals surface area contributed by atoms with Crippen LogP contribution in [0, 0.1) is 5.82 Å². The first-order valence-electron chi connectivity index (χ1n) is 5.88. The molecule has 0 amide bonds. The number of nitrogens with two attached hydrogens (primary N) is 1. The first-order chi connectivity index (χ1) is 8.61. The molecule has 2 nitrogen and oxygen atoms in total. The third-order valence-corrected chi connectivity index (χ3v) is 2.98. The summed E-state index contributed by atoms with van der Waals surface area (Å²) in [4.78, 5) is 2.04. The lowest BCUT2D eigenvalue weighted by atomic mass is 9.99. The van der Waals surface area contributed by atoms with Crippen LogP contribution in [-0.4, -0.2) is 14.1 Å². The highest BCUT2D eigenvalue weighted by Gasteiger charge is 2.05. The largest absolute Gasteiger partial charge is 0.378 e. The first-order valence-corrected chi connectivity index (χ1v) is 5.88. The lowest BCUT2D eigenvalue weighted by Gasteiger charge is -2.14. The van der Waals surface area contributed by atoms with Crippen molar-refractivity contribution in [1.82, 2.24) is 0 Å². The van der Waals surface area contributed by atoms with Gasteiger partial charge in [0.2, 0.25) is 0 Å². The van der Waals surface area contributed by atoms with Crippen LogP contribution in [0.2, 0.25) is 0 Å². The maximum absolute atomic E-state index is 13.2. The van der Waals surface area contributed by atoms with Gasteiger partial charge in [-0.05, 0) is 41.0 Å². The molecule has 0 aliphatic heterocycles. The molecule has 0 heterocycles. The average molecular weight is 244 g/mol. The average Bonchev–Trinajstić information content (AvgIpc) is 2.38. The van der Waals surface area contributed by atoms with E-state index in [0.29, 0.717) is 6.54 Å². The quantitative estimate of drug-likeness (QED) is 0.899. The van der Waals surface area contributed by atoms with Gasteiger partial charge >= 0.3 is 0 Å². The molecule has 0 saturated heterocycles. The van der Waals surface area contributed by atoms with Crippen LogP contribution in [0.3, 0.4) is 0 Å². The molecule has 2 N–H and O–H groups in total. The van der Waals surface area contributed by atoms with Crippen molar-refractivity contribution in [2.75, 3.05) is 19.0 Å². The zero-order valence-electron chi connectivity index (χ0n) is 10.7. The fourth-order valence-electron chi connectivity index (χ4n) is 1.95. The zero-order valence-corrected chi connectivity index (χ0v) is 10.7. The Morgan fingerprint density at radius 1 is 1.06 bits per heavy atom. The molecule has 0 spiro atoms. The van der Waals surface area contributed by atoms with Crippen LogP contribution >= 0.6 is 0 Å². The molecule has 0 aliphatic carbocycles. The molecule has 0 bridgehead atoms. The van der Waals surface area contributed by atoms with E-state index in [9.17, 15) is 4.39 Å². The van der Waals surface area contributed by atoms with Crippen LogP contribution in [0.5, 0.6) is 0 Å². The van der Waals surface area contributed by atoms with E-state index in [-0.39, 0.29) is 5.82 Å². The summed E-state index contributed by atoms with van der Waals surface area (Å²) in [6, 6.07) is 12.9. The molecule has 2 rings (SSSR count). The Balaban J connectivity index is 2.42. The summed E-state index contributed by atoms with van der Waals surface area (Å²) in [5.74, 6) is -0.246. The van der Waals surface area contributed by atoms with Gasteiger partial charge < -0.3 is 10.6 Å². The van der Waals surface area contributed by atoms with Gasteiger partial charge in [-0.1, -0.05) is 18.2 Å². The highest BCUT2D eigenvalue weighted by atomic mass is 19.1. The molecule has 0 aromatic heterocycles. The van der Waals surface area contributed by atoms with Crippen LogP contribution in [0.1, 0.15) is 5.56 Å². The fourth-order valence-corrected chi connectivity index (χ4v) is 1.95. The van der Waals surface area contributed by atoms with Crippen molar-refractivity contribution >= 4 is 5.69 Å². The molecule has 94 valence electrons. The van der Waals surface area contributed by atoms with E-state index in [1.54, 1.807) is 6.07 Å². The van der Waals surface area contributed by atoms with Gasteiger partial charge in [0.25, 0.3) is 0 Å². The van der Waals surface area contributed by atoms with Crippen molar-refractivity contribution in [3.8, 4) is 11.1 Å². The van der Waals surface area contributed by atoms with E-state index in [1.807, 2.05) is 43.3 Å². The third kappa shape index (κ3) is 2.51. The van der Waals surface area contributed by atoms with Crippen LogP contribution in [0.4, 0.5) is 10.1 Å². The number of hydrogen-bond donors (Lipinski definition) is 1. The van der Waals surface area contributed by atoms with E-state index in [4.69, 9.17) is 5.73 Å². The van der Waals surface area contributed by atoms with Crippen LogP contribution in [-0.2, 0) is 6.54 Å². The topological polar surface area (TPSA) is 29.3 Å². The summed E-state index contributed by atoms with van der Waals surface area (Å²) in [5.41, 5.74) is 9.67. The Hall–Kier alpha value is -1.87. The maximum atomic E-state index is 13.2. The Bertz CT molecular complexity index is 533. The molecule has 0 fully saturated rings. The summed E-state index contributed by atoms with van der Waals surface area (Å²) in [5, 5.41) is 0. The second-order valence-corrected chi connectivity index (χ2v) is 4.45. The van der Waals surface area contributed by atoms with Gasteiger partial charge in [-0.2, -0.15) is 0 Å². The van der Waals surface area contributed by atoms with Crippen LogP contribution < -0.4 is 10.6 Å². The number of anilines is 1. The van der Waals surface area contributed by atoms with Gasteiger partial charge in [0.05, 0.1) is 0 Å². The van der Waals surface area contributed by atoms with Crippen molar-refractivity contribution in [3.63, 3.8) is 0 Å². The minimum absolute atomic E-state index is 0.246. The molecular weight excluding hydrogens is 227 g/mol. The summed E-state index contributed by atoms with van der Waals surface area (Å²) in [7, 11) is 4.00. The Morgan fingerprint density at radius 2 is 1.72 bits per heavy atom. The van der Waals surface area contributed by atoms with E-state index >= 15 is 0 Å². The number of hydrogen-bond acceptors (Lipinski definition) is 2. The summed E-state index contributed by atoms with van der Waals surface area (Å²) in [6.45, 7) is 0.336. The fraction of sp³-hybridized carbons (Fsp3) is 0.200. The maximum Gasteiger partial charge on any atom is 0.123 e. The second-order valence-electron chi connectivity index (χ2n) is 4.45. The summed E-state index contributed by atoms with van der Waals surface area (Å²) in [6.07, 6.45) is 0. The highest BCUT2D eigenvalue weighted by molar-refractivity contribution is 5.69. The predicted molar refractivity (Wildman–Crippen MR) is 74.1 cm³/mol. The predicted octanol–water partition coefficient (Wildman–Crippen LogP) is 3.02. The molecule has 3 heteroatoms. The van der Waals surface area contributed by atoms with Gasteiger partial charge in [-0.15, -0.1) is 0 Å². The molecular formula is C15H17FN2. The standard InChI is InChI=1S/C15H17FN2/c1-18(2)14-6-3-11(4-7-14)15-8-5-13(16)9-12(15)10-17/h3-9H,10,17H2,1-2H3. The molecule has 0 saturated carbocycles. The molecule has 2 aromatic carbocycles. The van der Waals surface area contributed by atoms with Crippen molar-refractivity contribution in [3.05, 3.63) is 53.8 Å². The molecule has 2 aromatic rings. The number of nitrogens with zero attached hydrogens (tertiary/aromatic N) is 1. The van der Waals surface area contributed by atoms with E-state index < -0.39 is 0 Å². The number of halogens is 1. The Morgan fingerprint density at radius 3 is 2.28 bits per heavy atom. The molecule has 0 unspecified atom stereocenters. The minimum Gasteiger partial charge on any atom is -0.378 e.